The lowest BCUT2D eigenvalue weighted by atomic mass is 9.63. The molecule has 2 atom stereocenters. The molecule has 0 aromatic carbocycles. The summed E-state index contributed by atoms with van der Waals surface area (Å²) in [4.78, 5) is 37.2. The predicted octanol–water partition coefficient (Wildman–Crippen LogP) is 1.42. The average Bonchev–Trinajstić information content (AvgIpc) is 2.81. The van der Waals surface area contributed by atoms with Gasteiger partial charge in [-0.05, 0) is 33.6 Å². The topological polar surface area (TPSA) is 87.7 Å². The third-order valence-corrected chi connectivity index (χ3v) is 4.80. The Morgan fingerprint density at radius 1 is 1.25 bits per heavy atom. The zero-order valence-corrected chi connectivity index (χ0v) is 15.3. The van der Waals surface area contributed by atoms with Crippen LogP contribution in [0.3, 0.4) is 0 Å². The maximum atomic E-state index is 12.1. The summed E-state index contributed by atoms with van der Waals surface area (Å²) in [5, 5.41) is 5.85. The quantitative estimate of drug-likeness (QED) is 0.811. The average molecular weight is 339 g/mol. The summed E-state index contributed by atoms with van der Waals surface area (Å²) < 4.78 is 5.27. The van der Waals surface area contributed by atoms with Gasteiger partial charge in [-0.15, -0.1) is 0 Å². The minimum absolute atomic E-state index is 0.0253. The van der Waals surface area contributed by atoms with Crippen molar-refractivity contribution in [3.8, 4) is 0 Å². The first-order valence-corrected chi connectivity index (χ1v) is 8.55. The van der Waals surface area contributed by atoms with E-state index in [4.69, 9.17) is 4.74 Å². The Balaban J connectivity index is 1.79. The zero-order chi connectivity index (χ0) is 18.1. The number of carbonyl (C=O) groups excluding carboxylic acids is 3. The Morgan fingerprint density at radius 3 is 2.38 bits per heavy atom. The van der Waals surface area contributed by atoms with Crippen LogP contribution in [0.25, 0.3) is 0 Å². The highest BCUT2D eigenvalue weighted by atomic mass is 16.6. The van der Waals surface area contributed by atoms with Gasteiger partial charge in [0.05, 0.1) is 6.54 Å². The molecule has 0 aromatic rings. The van der Waals surface area contributed by atoms with Crippen molar-refractivity contribution in [2.45, 2.75) is 71.6 Å². The highest BCUT2D eigenvalue weighted by Crippen LogP contribution is 2.40. The van der Waals surface area contributed by atoms with E-state index < -0.39 is 11.7 Å². The molecule has 7 heteroatoms. The van der Waals surface area contributed by atoms with E-state index in [2.05, 4.69) is 10.6 Å². The van der Waals surface area contributed by atoms with E-state index in [1.807, 2.05) is 34.6 Å². The van der Waals surface area contributed by atoms with E-state index in [1.54, 1.807) is 4.90 Å². The highest BCUT2D eigenvalue weighted by molar-refractivity contribution is 5.86. The number of amides is 3. The molecule has 1 heterocycles. The second kappa shape index (κ2) is 6.61. The van der Waals surface area contributed by atoms with Gasteiger partial charge in [0.1, 0.15) is 5.60 Å². The summed E-state index contributed by atoms with van der Waals surface area (Å²) in [6.45, 7) is 10.2. The van der Waals surface area contributed by atoms with Gasteiger partial charge >= 0.3 is 6.09 Å². The molecule has 0 spiro atoms. The van der Waals surface area contributed by atoms with Crippen LogP contribution in [0.5, 0.6) is 0 Å². The first kappa shape index (κ1) is 18.5. The fourth-order valence-corrected chi connectivity index (χ4v) is 3.15. The molecule has 0 bridgehead atoms. The Bertz CT molecular complexity index is 524. The molecule has 2 fully saturated rings. The molecule has 136 valence electrons. The van der Waals surface area contributed by atoms with Crippen molar-refractivity contribution in [1.29, 1.82) is 0 Å². The predicted molar refractivity (Wildman–Crippen MR) is 89.3 cm³/mol. The molecule has 0 aromatic heterocycles. The lowest BCUT2D eigenvalue weighted by Gasteiger charge is -2.52. The van der Waals surface area contributed by atoms with E-state index in [0.29, 0.717) is 19.4 Å². The molecular formula is C17H29N3O4. The fourth-order valence-electron chi connectivity index (χ4n) is 3.15. The largest absolute Gasteiger partial charge is 0.444 e. The number of rotatable bonds is 4. The minimum Gasteiger partial charge on any atom is -0.444 e. The maximum Gasteiger partial charge on any atom is 0.407 e. The maximum absolute atomic E-state index is 12.1. The molecular weight excluding hydrogens is 310 g/mol. The van der Waals surface area contributed by atoms with Crippen LogP contribution in [-0.2, 0) is 14.3 Å². The SMILES string of the molecule is CC(C)(C)OC(=O)NC1CC(NC(=O)CN2CCCC2=O)C1(C)C. The van der Waals surface area contributed by atoms with E-state index in [1.165, 1.54) is 0 Å². The van der Waals surface area contributed by atoms with Crippen LogP contribution in [-0.4, -0.2) is 53.6 Å². The molecule has 24 heavy (non-hydrogen) atoms. The van der Waals surface area contributed by atoms with Crippen LogP contribution in [0.15, 0.2) is 0 Å². The molecule has 1 saturated carbocycles. The van der Waals surface area contributed by atoms with Crippen LogP contribution in [0.2, 0.25) is 0 Å². The van der Waals surface area contributed by atoms with Gasteiger partial charge in [0.2, 0.25) is 11.8 Å². The van der Waals surface area contributed by atoms with Crippen LogP contribution in [0, 0.1) is 5.41 Å². The standard InChI is InChI=1S/C17H29N3O4/c1-16(2,3)24-15(23)19-12-9-11(17(12,4)5)18-13(21)10-20-8-6-7-14(20)22/h11-12H,6-10H2,1-5H3,(H,18,21)(H,19,23). The van der Waals surface area contributed by atoms with Gasteiger partial charge in [0.25, 0.3) is 0 Å². The fraction of sp³-hybridized carbons (Fsp3) is 0.824. The number of hydrogen-bond acceptors (Lipinski definition) is 4. The summed E-state index contributed by atoms with van der Waals surface area (Å²) in [7, 11) is 0. The van der Waals surface area contributed by atoms with Crippen molar-refractivity contribution < 1.29 is 19.1 Å². The monoisotopic (exact) mass is 339 g/mol. The van der Waals surface area contributed by atoms with Crippen molar-refractivity contribution >= 4 is 17.9 Å². The van der Waals surface area contributed by atoms with Gasteiger partial charge in [-0.3, -0.25) is 9.59 Å². The molecule has 2 N–H and O–H groups in total. The summed E-state index contributed by atoms with van der Waals surface area (Å²) in [6.07, 6.45) is 1.58. The van der Waals surface area contributed by atoms with Gasteiger partial charge in [-0.1, -0.05) is 13.8 Å². The first-order valence-electron chi connectivity index (χ1n) is 8.55. The summed E-state index contributed by atoms with van der Waals surface area (Å²) >= 11 is 0. The second-order valence-electron chi connectivity index (χ2n) is 8.29. The normalized spacial score (nSPS) is 25.9. The van der Waals surface area contributed by atoms with Crippen molar-refractivity contribution in [3.05, 3.63) is 0 Å². The summed E-state index contributed by atoms with van der Waals surface area (Å²) in [5.41, 5.74) is -0.796. The number of ether oxygens (including phenoxy) is 1. The smallest absolute Gasteiger partial charge is 0.407 e. The second-order valence-corrected chi connectivity index (χ2v) is 8.29. The van der Waals surface area contributed by atoms with Gasteiger partial charge in [0.15, 0.2) is 0 Å². The molecule has 2 rings (SSSR count). The van der Waals surface area contributed by atoms with E-state index >= 15 is 0 Å². The summed E-state index contributed by atoms with van der Waals surface area (Å²) in [6, 6.07) is -0.0753. The molecule has 3 amide bonds. The van der Waals surface area contributed by atoms with Crippen molar-refractivity contribution in [3.63, 3.8) is 0 Å². The third kappa shape index (κ3) is 4.39. The third-order valence-electron chi connectivity index (χ3n) is 4.80. The van der Waals surface area contributed by atoms with E-state index in [0.717, 1.165) is 6.42 Å². The minimum atomic E-state index is -0.534. The van der Waals surface area contributed by atoms with E-state index in [-0.39, 0.29) is 35.9 Å². The highest BCUT2D eigenvalue weighted by Gasteiger charge is 2.50. The zero-order valence-electron chi connectivity index (χ0n) is 15.3. The lowest BCUT2D eigenvalue weighted by Crippen LogP contribution is -2.67. The van der Waals surface area contributed by atoms with Crippen LogP contribution in [0.4, 0.5) is 4.79 Å². The van der Waals surface area contributed by atoms with Crippen molar-refractivity contribution in [2.24, 2.45) is 5.41 Å². The first-order chi connectivity index (χ1) is 11.0. The van der Waals surface area contributed by atoms with Gasteiger partial charge < -0.3 is 20.3 Å². The van der Waals surface area contributed by atoms with Gasteiger partial charge in [0, 0.05) is 30.5 Å². The number of nitrogens with one attached hydrogen (secondary N) is 2. The number of nitrogens with zero attached hydrogens (tertiary/aromatic N) is 1. The Hall–Kier alpha value is -1.79. The molecule has 1 saturated heterocycles. The Kier molecular flexibility index (Phi) is 5.11. The lowest BCUT2D eigenvalue weighted by molar-refractivity contribution is -0.134. The van der Waals surface area contributed by atoms with Crippen molar-refractivity contribution in [2.75, 3.05) is 13.1 Å². The van der Waals surface area contributed by atoms with E-state index in [9.17, 15) is 14.4 Å². The summed E-state index contributed by atoms with van der Waals surface area (Å²) in [5.74, 6) is -0.0958. The molecule has 2 unspecified atom stereocenters. The van der Waals surface area contributed by atoms with Crippen LogP contribution < -0.4 is 10.6 Å². The van der Waals surface area contributed by atoms with Crippen molar-refractivity contribution in [1.82, 2.24) is 15.5 Å². The number of carbonyl (C=O) groups is 3. The molecule has 2 aliphatic rings. The molecule has 0 radical (unpaired) electrons. The number of hydrogen-bond donors (Lipinski definition) is 2. The van der Waals surface area contributed by atoms with Crippen LogP contribution >= 0.6 is 0 Å². The Labute approximate surface area is 143 Å². The van der Waals surface area contributed by atoms with Crippen LogP contribution in [0.1, 0.15) is 53.9 Å². The number of likely N-dealkylation sites (tertiary alicyclic amines) is 1. The molecule has 1 aliphatic heterocycles. The Morgan fingerprint density at radius 2 is 1.88 bits per heavy atom. The van der Waals surface area contributed by atoms with Gasteiger partial charge in [-0.2, -0.15) is 0 Å². The van der Waals surface area contributed by atoms with Gasteiger partial charge in [-0.25, -0.2) is 4.79 Å². The molecule has 1 aliphatic carbocycles. The number of alkyl carbamates (subject to hydrolysis) is 1. The molecule has 7 nitrogen and oxygen atoms in total.